The molecule has 0 radical (unpaired) electrons. The summed E-state index contributed by atoms with van der Waals surface area (Å²) in [5, 5.41) is 0. The minimum atomic E-state index is 0.0309. The number of amides is 2. The molecule has 0 saturated carbocycles. The molecule has 0 aliphatic carbocycles. The van der Waals surface area contributed by atoms with E-state index in [2.05, 4.69) is 49.9 Å². The molecule has 2 aromatic rings. The van der Waals surface area contributed by atoms with E-state index >= 15 is 0 Å². The molecule has 2 aliphatic rings. The first-order chi connectivity index (χ1) is 16.4. The van der Waals surface area contributed by atoms with Gasteiger partial charge in [0.2, 0.25) is 0 Å². The summed E-state index contributed by atoms with van der Waals surface area (Å²) >= 11 is 0. The summed E-state index contributed by atoms with van der Waals surface area (Å²) in [5.74, 6) is 0.697. The van der Waals surface area contributed by atoms with Crippen LogP contribution >= 0.6 is 0 Å². The lowest BCUT2D eigenvalue weighted by molar-refractivity contribution is -0.139. The van der Waals surface area contributed by atoms with Gasteiger partial charge in [-0.25, -0.2) is 0 Å². The number of piperazine rings is 1. The zero-order chi connectivity index (χ0) is 24.1. The number of hydrogen-bond acceptors (Lipinski definition) is 4. The monoisotopic (exact) mass is 463 g/mol. The first kappa shape index (κ1) is 24.3. The molecule has 0 aromatic heterocycles. The number of carbonyl (C=O) groups is 2. The number of hydrogen-bond donors (Lipinski definition) is 0. The standard InChI is InChI=1S/C28H37N3O3/c1-21-6-4-9-24(18-21)19-29-14-16-30(17-15-29)28(33)25-10-12-26(13-11-25)34-20-27(32)31-22(2)7-5-8-23(31)3/h4,6,9-13,18,22-23H,5,7-8,14-17,19-20H2,1-3H3. The maximum absolute atomic E-state index is 13.0. The Balaban J connectivity index is 1.25. The number of ether oxygens (including phenoxy) is 1. The Bertz CT molecular complexity index is 973. The lowest BCUT2D eigenvalue weighted by Gasteiger charge is -2.39. The van der Waals surface area contributed by atoms with Crippen LogP contribution in [0, 0.1) is 6.92 Å². The molecule has 6 nitrogen and oxygen atoms in total. The topological polar surface area (TPSA) is 53.1 Å². The van der Waals surface area contributed by atoms with E-state index in [9.17, 15) is 9.59 Å². The van der Waals surface area contributed by atoms with Crippen LogP contribution in [0.15, 0.2) is 48.5 Å². The van der Waals surface area contributed by atoms with E-state index in [4.69, 9.17) is 4.74 Å². The maximum atomic E-state index is 13.0. The van der Waals surface area contributed by atoms with Crippen LogP contribution in [0.2, 0.25) is 0 Å². The van der Waals surface area contributed by atoms with Gasteiger partial charge in [0.15, 0.2) is 6.61 Å². The summed E-state index contributed by atoms with van der Waals surface area (Å²) in [6.07, 6.45) is 3.27. The van der Waals surface area contributed by atoms with E-state index in [1.54, 1.807) is 24.3 Å². The first-order valence-electron chi connectivity index (χ1n) is 12.5. The van der Waals surface area contributed by atoms with Crippen molar-refractivity contribution in [1.82, 2.24) is 14.7 Å². The van der Waals surface area contributed by atoms with E-state index in [0.29, 0.717) is 11.3 Å². The van der Waals surface area contributed by atoms with Crippen molar-refractivity contribution in [2.75, 3.05) is 32.8 Å². The number of benzene rings is 2. The zero-order valence-electron chi connectivity index (χ0n) is 20.7. The number of rotatable bonds is 6. The normalized spacial score (nSPS) is 21.4. The Labute approximate surface area is 203 Å². The second-order valence-corrected chi connectivity index (χ2v) is 9.80. The van der Waals surface area contributed by atoms with Gasteiger partial charge >= 0.3 is 0 Å². The Hall–Kier alpha value is -2.86. The molecular formula is C28H37N3O3. The number of likely N-dealkylation sites (tertiary alicyclic amines) is 1. The van der Waals surface area contributed by atoms with Crippen LogP contribution in [0.1, 0.15) is 54.6 Å². The molecule has 2 atom stereocenters. The zero-order valence-corrected chi connectivity index (χ0v) is 20.7. The van der Waals surface area contributed by atoms with Crippen LogP contribution in [-0.4, -0.2) is 71.4 Å². The summed E-state index contributed by atoms with van der Waals surface area (Å²) in [6.45, 7) is 10.5. The highest BCUT2D eigenvalue weighted by atomic mass is 16.5. The number of carbonyl (C=O) groups excluding carboxylic acids is 2. The summed E-state index contributed by atoms with van der Waals surface area (Å²) in [4.78, 5) is 31.9. The molecule has 2 aliphatic heterocycles. The summed E-state index contributed by atoms with van der Waals surface area (Å²) in [7, 11) is 0. The van der Waals surface area contributed by atoms with Gasteiger partial charge in [0.25, 0.3) is 11.8 Å². The van der Waals surface area contributed by atoms with Gasteiger partial charge in [-0.2, -0.15) is 0 Å². The molecule has 2 unspecified atom stereocenters. The number of piperidine rings is 1. The van der Waals surface area contributed by atoms with Crippen molar-refractivity contribution in [2.24, 2.45) is 0 Å². The van der Waals surface area contributed by atoms with E-state index in [1.165, 1.54) is 17.5 Å². The van der Waals surface area contributed by atoms with Crippen LogP contribution < -0.4 is 4.74 Å². The second-order valence-electron chi connectivity index (χ2n) is 9.80. The van der Waals surface area contributed by atoms with E-state index in [0.717, 1.165) is 45.6 Å². The predicted octanol–water partition coefficient (Wildman–Crippen LogP) is 4.12. The van der Waals surface area contributed by atoms with E-state index in [-0.39, 0.29) is 30.5 Å². The van der Waals surface area contributed by atoms with Crippen molar-refractivity contribution >= 4 is 11.8 Å². The molecule has 2 aromatic carbocycles. The highest BCUT2D eigenvalue weighted by molar-refractivity contribution is 5.94. The van der Waals surface area contributed by atoms with Gasteiger partial charge in [-0.05, 0) is 69.9 Å². The van der Waals surface area contributed by atoms with Gasteiger partial charge in [0.1, 0.15) is 5.75 Å². The van der Waals surface area contributed by atoms with Crippen molar-refractivity contribution in [3.05, 3.63) is 65.2 Å². The van der Waals surface area contributed by atoms with Gasteiger partial charge in [-0.15, -0.1) is 0 Å². The number of nitrogens with zero attached hydrogens (tertiary/aromatic N) is 3. The molecule has 0 bridgehead atoms. The van der Waals surface area contributed by atoms with Crippen molar-refractivity contribution in [2.45, 2.75) is 58.7 Å². The molecular weight excluding hydrogens is 426 g/mol. The second kappa shape index (κ2) is 11.0. The van der Waals surface area contributed by atoms with Crippen molar-refractivity contribution in [1.29, 1.82) is 0 Å². The first-order valence-corrected chi connectivity index (χ1v) is 12.5. The van der Waals surface area contributed by atoms with Gasteiger partial charge < -0.3 is 14.5 Å². The summed E-state index contributed by atoms with van der Waals surface area (Å²) < 4.78 is 5.75. The average Bonchev–Trinajstić information content (AvgIpc) is 2.83. The third kappa shape index (κ3) is 5.98. The molecule has 6 heteroatoms. The fourth-order valence-corrected chi connectivity index (χ4v) is 5.19. The Morgan fingerprint density at radius 1 is 0.941 bits per heavy atom. The van der Waals surface area contributed by atoms with Gasteiger partial charge in [0, 0.05) is 50.4 Å². The predicted molar refractivity (Wildman–Crippen MR) is 134 cm³/mol. The van der Waals surface area contributed by atoms with Gasteiger partial charge in [-0.1, -0.05) is 29.8 Å². The Morgan fingerprint density at radius 3 is 2.26 bits per heavy atom. The largest absolute Gasteiger partial charge is 0.484 e. The van der Waals surface area contributed by atoms with Crippen molar-refractivity contribution in [3.8, 4) is 5.75 Å². The highest BCUT2D eigenvalue weighted by Gasteiger charge is 2.29. The summed E-state index contributed by atoms with van der Waals surface area (Å²) in [5.41, 5.74) is 3.25. The quantitative estimate of drug-likeness (QED) is 0.647. The van der Waals surface area contributed by atoms with Crippen LogP contribution in [0.25, 0.3) is 0 Å². The van der Waals surface area contributed by atoms with Crippen molar-refractivity contribution < 1.29 is 14.3 Å². The fourth-order valence-electron chi connectivity index (χ4n) is 5.19. The van der Waals surface area contributed by atoms with Crippen LogP contribution in [0.4, 0.5) is 0 Å². The minimum Gasteiger partial charge on any atom is -0.484 e. The molecule has 4 rings (SSSR count). The summed E-state index contributed by atoms with van der Waals surface area (Å²) in [6, 6.07) is 16.3. The number of aryl methyl sites for hydroxylation is 1. The van der Waals surface area contributed by atoms with Gasteiger partial charge in [0.05, 0.1) is 0 Å². The molecule has 2 heterocycles. The molecule has 2 saturated heterocycles. The fraction of sp³-hybridized carbons (Fsp3) is 0.500. The molecule has 0 N–H and O–H groups in total. The molecule has 0 spiro atoms. The van der Waals surface area contributed by atoms with E-state index in [1.807, 2.05) is 9.80 Å². The molecule has 2 fully saturated rings. The van der Waals surface area contributed by atoms with Crippen molar-refractivity contribution in [3.63, 3.8) is 0 Å². The third-order valence-corrected chi connectivity index (χ3v) is 7.09. The molecule has 34 heavy (non-hydrogen) atoms. The Morgan fingerprint density at radius 2 is 1.62 bits per heavy atom. The van der Waals surface area contributed by atoms with Gasteiger partial charge in [-0.3, -0.25) is 14.5 Å². The Kier molecular flexibility index (Phi) is 7.88. The van der Waals surface area contributed by atoms with Crippen LogP contribution in [0.3, 0.4) is 0 Å². The highest BCUT2D eigenvalue weighted by Crippen LogP contribution is 2.23. The minimum absolute atomic E-state index is 0.0309. The third-order valence-electron chi connectivity index (χ3n) is 7.09. The lowest BCUT2D eigenvalue weighted by atomic mass is 9.97. The lowest BCUT2D eigenvalue weighted by Crippen LogP contribution is -2.49. The smallest absolute Gasteiger partial charge is 0.260 e. The van der Waals surface area contributed by atoms with Crippen LogP contribution in [-0.2, 0) is 11.3 Å². The maximum Gasteiger partial charge on any atom is 0.260 e. The molecule has 182 valence electrons. The average molecular weight is 464 g/mol. The van der Waals surface area contributed by atoms with Crippen LogP contribution in [0.5, 0.6) is 5.75 Å². The SMILES string of the molecule is Cc1cccc(CN2CCN(C(=O)c3ccc(OCC(=O)N4C(C)CCCC4C)cc3)CC2)c1. The van der Waals surface area contributed by atoms with E-state index < -0.39 is 0 Å². The molecule has 2 amide bonds.